The molecule has 0 N–H and O–H groups in total. The van der Waals surface area contributed by atoms with Crippen molar-refractivity contribution in [2.24, 2.45) is 0 Å². The van der Waals surface area contributed by atoms with Gasteiger partial charge in [-0.3, -0.25) is 0 Å². The van der Waals surface area contributed by atoms with Gasteiger partial charge in [0, 0.05) is 37.8 Å². The third-order valence-corrected chi connectivity index (χ3v) is 15.4. The van der Waals surface area contributed by atoms with Crippen LogP contribution in [0.25, 0.3) is 33.4 Å². The molecule has 1 nitrogen and oxygen atoms in total. The van der Waals surface area contributed by atoms with Crippen LogP contribution >= 0.6 is 11.8 Å². The van der Waals surface area contributed by atoms with Gasteiger partial charge in [-0.15, -0.1) is 11.8 Å². The van der Waals surface area contributed by atoms with Crippen molar-refractivity contribution in [2.45, 2.75) is 73.9 Å². The monoisotopic (exact) mass is 753 g/mol. The Morgan fingerprint density at radius 1 is 0.544 bits per heavy atom. The second-order valence-corrected chi connectivity index (χ2v) is 18.9. The van der Waals surface area contributed by atoms with Crippen molar-refractivity contribution in [2.75, 3.05) is 4.90 Å². The minimum Gasteiger partial charge on any atom is -0.309 e. The molecule has 2 atom stereocenters. The molecular formula is C55H47NS. The highest BCUT2D eigenvalue weighted by atomic mass is 32.2. The van der Waals surface area contributed by atoms with E-state index in [0.717, 1.165) is 18.5 Å². The van der Waals surface area contributed by atoms with Crippen LogP contribution in [0.5, 0.6) is 0 Å². The highest BCUT2D eigenvalue weighted by molar-refractivity contribution is 8.01. The first-order chi connectivity index (χ1) is 27.6. The standard InChI is InChI=1S/C55H47NS/c1-53(2)45-19-12-10-17-43(45)50-46(53)32-33-55(5)47-20-13-21-49(51(47)57-52(50)55)56(39-27-22-36(23-28-39)35-14-7-6-8-15-35)40-29-24-37(25-30-40)38-26-31-42-41-16-9-11-18-44(41)54(3,4)48(42)34-38/h7,9-34,52H,6,8H2,1-5H3. The summed E-state index contributed by atoms with van der Waals surface area (Å²) in [6.45, 7) is 12.0. The average molecular weight is 754 g/mol. The summed E-state index contributed by atoms with van der Waals surface area (Å²) in [5, 5.41) is 0.295. The van der Waals surface area contributed by atoms with Crippen molar-refractivity contribution >= 4 is 40.0 Å². The Morgan fingerprint density at radius 3 is 1.89 bits per heavy atom. The van der Waals surface area contributed by atoms with E-state index in [4.69, 9.17) is 0 Å². The second-order valence-electron chi connectivity index (χ2n) is 17.8. The summed E-state index contributed by atoms with van der Waals surface area (Å²) in [6, 6.07) is 50.6. The van der Waals surface area contributed by atoms with Gasteiger partial charge in [0.15, 0.2) is 0 Å². The summed E-state index contributed by atoms with van der Waals surface area (Å²) in [5.41, 5.74) is 21.3. The topological polar surface area (TPSA) is 3.24 Å². The zero-order chi connectivity index (χ0) is 38.7. The summed E-state index contributed by atoms with van der Waals surface area (Å²) >= 11 is 2.07. The van der Waals surface area contributed by atoms with Crippen molar-refractivity contribution < 1.29 is 0 Å². The molecular weight excluding hydrogens is 707 g/mol. The lowest BCUT2D eigenvalue weighted by atomic mass is 9.70. The van der Waals surface area contributed by atoms with Gasteiger partial charge in [0.25, 0.3) is 0 Å². The number of rotatable bonds is 5. The molecule has 5 aliphatic rings. The van der Waals surface area contributed by atoms with E-state index < -0.39 is 0 Å². The highest BCUT2D eigenvalue weighted by Crippen LogP contribution is 2.64. The average Bonchev–Trinajstić information content (AvgIpc) is 3.78. The Morgan fingerprint density at radius 2 is 1.18 bits per heavy atom. The first-order valence-corrected chi connectivity index (χ1v) is 21.5. The lowest BCUT2D eigenvalue weighted by molar-refractivity contribution is 0.607. The van der Waals surface area contributed by atoms with E-state index in [0.29, 0.717) is 5.25 Å². The number of anilines is 3. The maximum Gasteiger partial charge on any atom is 0.0600 e. The zero-order valence-corrected chi connectivity index (χ0v) is 34.3. The first kappa shape index (κ1) is 34.7. The maximum atomic E-state index is 2.52. The molecule has 0 spiro atoms. The van der Waals surface area contributed by atoms with Crippen molar-refractivity contribution in [3.63, 3.8) is 0 Å². The van der Waals surface area contributed by atoms with Gasteiger partial charge in [-0.05, 0) is 122 Å². The Labute approximate surface area is 342 Å². The smallest absolute Gasteiger partial charge is 0.0600 e. The molecule has 0 fully saturated rings. The van der Waals surface area contributed by atoms with E-state index in [1.165, 1.54) is 88.6 Å². The molecule has 1 aliphatic heterocycles. The summed E-state index contributed by atoms with van der Waals surface area (Å²) in [5.74, 6) is 0. The van der Waals surface area contributed by atoms with Crippen molar-refractivity contribution in [1.29, 1.82) is 0 Å². The molecule has 11 rings (SSSR count). The Hall–Kier alpha value is -5.57. The molecule has 0 saturated carbocycles. The third-order valence-electron chi connectivity index (χ3n) is 13.8. The first-order valence-electron chi connectivity index (χ1n) is 20.6. The van der Waals surface area contributed by atoms with E-state index in [1.807, 2.05) is 0 Å². The summed E-state index contributed by atoms with van der Waals surface area (Å²) in [4.78, 5) is 3.87. The van der Waals surface area contributed by atoms with Crippen molar-refractivity contribution in [1.82, 2.24) is 0 Å². The van der Waals surface area contributed by atoms with E-state index in [-0.39, 0.29) is 16.2 Å². The fraction of sp³-hybridized carbons (Fsp3) is 0.200. The van der Waals surface area contributed by atoms with Gasteiger partial charge in [0.1, 0.15) is 0 Å². The molecule has 4 aliphatic carbocycles. The van der Waals surface area contributed by atoms with Gasteiger partial charge in [0.2, 0.25) is 0 Å². The molecule has 0 aromatic heterocycles. The van der Waals surface area contributed by atoms with Crippen molar-refractivity contribution in [3.05, 3.63) is 203 Å². The molecule has 0 radical (unpaired) electrons. The zero-order valence-electron chi connectivity index (χ0n) is 33.4. The van der Waals surface area contributed by atoms with Crippen LogP contribution in [0, 0.1) is 0 Å². The molecule has 6 aromatic carbocycles. The number of thioether (sulfide) groups is 1. The van der Waals surface area contributed by atoms with E-state index >= 15 is 0 Å². The minimum absolute atomic E-state index is 0.0149. The van der Waals surface area contributed by atoms with Crippen LogP contribution in [0.3, 0.4) is 0 Å². The minimum atomic E-state index is -0.122. The number of benzene rings is 6. The SMILES string of the molecule is CC1(C)C2=C(c3ccccc31)C1Sc3c(N(c4ccc(C5=CCCC=C5)cc4)c4ccc(-c5ccc6c(c5)C(C)(C)c5ccccc5-6)cc4)cccc3C1(C)C=C2. The fourth-order valence-electron chi connectivity index (χ4n) is 10.6. The molecule has 6 aromatic rings. The lowest BCUT2D eigenvalue weighted by Crippen LogP contribution is -2.32. The number of fused-ring (bicyclic) bond motifs is 9. The van der Waals surface area contributed by atoms with Crippen LogP contribution in [0.1, 0.15) is 80.8 Å². The molecule has 0 saturated heterocycles. The van der Waals surface area contributed by atoms with E-state index in [9.17, 15) is 0 Å². The summed E-state index contributed by atoms with van der Waals surface area (Å²) < 4.78 is 0. The maximum absolute atomic E-state index is 2.52. The number of allylic oxidation sites excluding steroid dienone is 7. The lowest BCUT2D eigenvalue weighted by Gasteiger charge is -2.35. The number of hydrogen-bond donors (Lipinski definition) is 0. The molecule has 278 valence electrons. The van der Waals surface area contributed by atoms with E-state index in [2.05, 4.69) is 215 Å². The van der Waals surface area contributed by atoms with Gasteiger partial charge < -0.3 is 4.90 Å². The van der Waals surface area contributed by atoms with Crippen molar-refractivity contribution in [3.8, 4) is 22.3 Å². The predicted octanol–water partition coefficient (Wildman–Crippen LogP) is 14.9. The highest BCUT2D eigenvalue weighted by Gasteiger charge is 2.52. The fourth-order valence-corrected chi connectivity index (χ4v) is 12.4. The van der Waals surface area contributed by atoms with Crippen LogP contribution in [0.4, 0.5) is 17.1 Å². The van der Waals surface area contributed by atoms with Crippen LogP contribution in [-0.4, -0.2) is 5.25 Å². The molecule has 1 heterocycles. The Bertz CT molecular complexity index is 2770. The van der Waals surface area contributed by atoms with Crippen LogP contribution in [0.2, 0.25) is 0 Å². The normalized spacial score (nSPS) is 21.3. The van der Waals surface area contributed by atoms with Gasteiger partial charge in [-0.25, -0.2) is 0 Å². The molecule has 0 amide bonds. The second kappa shape index (κ2) is 12.5. The molecule has 2 unspecified atom stereocenters. The van der Waals surface area contributed by atoms with E-state index in [1.54, 1.807) is 0 Å². The number of nitrogens with zero attached hydrogens (tertiary/aromatic N) is 1. The van der Waals surface area contributed by atoms with Gasteiger partial charge in [-0.1, -0.05) is 162 Å². The Balaban J connectivity index is 1.02. The molecule has 0 bridgehead atoms. The molecule has 2 heteroatoms. The largest absolute Gasteiger partial charge is 0.309 e. The number of hydrogen-bond acceptors (Lipinski definition) is 2. The van der Waals surface area contributed by atoms with Crippen LogP contribution in [-0.2, 0) is 16.2 Å². The van der Waals surface area contributed by atoms with Gasteiger partial charge >= 0.3 is 0 Å². The van der Waals surface area contributed by atoms with Crippen LogP contribution in [0.15, 0.2) is 174 Å². The van der Waals surface area contributed by atoms with Gasteiger partial charge in [0.05, 0.1) is 5.69 Å². The van der Waals surface area contributed by atoms with Gasteiger partial charge in [-0.2, -0.15) is 0 Å². The summed E-state index contributed by atoms with van der Waals surface area (Å²) in [7, 11) is 0. The quantitative estimate of drug-likeness (QED) is 0.172. The summed E-state index contributed by atoms with van der Waals surface area (Å²) in [6.07, 6.45) is 14.1. The third kappa shape index (κ3) is 5.02. The van der Waals surface area contributed by atoms with Crippen LogP contribution < -0.4 is 4.90 Å². The predicted molar refractivity (Wildman–Crippen MR) is 243 cm³/mol. The Kier molecular flexibility index (Phi) is 7.58. The molecule has 57 heavy (non-hydrogen) atoms.